The van der Waals surface area contributed by atoms with E-state index in [0.29, 0.717) is 11.6 Å². The van der Waals surface area contributed by atoms with Gasteiger partial charge in [0.15, 0.2) is 0 Å². The minimum absolute atomic E-state index is 0.665. The summed E-state index contributed by atoms with van der Waals surface area (Å²) in [4.78, 5) is 11.6. The van der Waals surface area contributed by atoms with Crippen molar-refractivity contribution < 1.29 is 4.74 Å². The zero-order chi connectivity index (χ0) is 16.4. The van der Waals surface area contributed by atoms with Gasteiger partial charge in [-0.3, -0.25) is 4.98 Å². The largest absolute Gasteiger partial charge is 0.457 e. The first kappa shape index (κ1) is 14.1. The number of ether oxygens (including phenoxy) is 1. The fourth-order valence-corrected chi connectivity index (χ4v) is 2.37. The van der Waals surface area contributed by atoms with E-state index in [1.807, 2.05) is 54.6 Å². The zero-order valence-electron chi connectivity index (χ0n) is 12.7. The summed E-state index contributed by atoms with van der Waals surface area (Å²) in [6.07, 6.45) is 3.39. The van der Waals surface area contributed by atoms with Gasteiger partial charge in [-0.2, -0.15) is 0 Å². The van der Waals surface area contributed by atoms with Gasteiger partial charge in [0, 0.05) is 23.8 Å². The first-order valence-corrected chi connectivity index (χ1v) is 7.46. The molecule has 0 aliphatic carbocycles. The van der Waals surface area contributed by atoms with E-state index in [1.54, 1.807) is 12.4 Å². The molecular weight excluding hydrogens is 302 g/mol. The standard InChI is InChI=1S/C18H15N5O/c19-12-1-6-16-17(11-12)23-18(22-16)21-13-2-4-14(5-3-13)24-15-7-9-20-10-8-15/h1-11H,19H2,(H2,21,22,23). The Bertz CT molecular complexity index is 964. The van der Waals surface area contributed by atoms with Crippen LogP contribution in [-0.2, 0) is 0 Å². The van der Waals surface area contributed by atoms with E-state index < -0.39 is 0 Å². The fourth-order valence-electron chi connectivity index (χ4n) is 2.37. The summed E-state index contributed by atoms with van der Waals surface area (Å²) in [6.45, 7) is 0. The number of aromatic nitrogens is 3. The predicted octanol–water partition coefficient (Wildman–Crippen LogP) is 4.08. The molecule has 0 radical (unpaired) electrons. The normalized spacial score (nSPS) is 10.7. The summed E-state index contributed by atoms with van der Waals surface area (Å²) < 4.78 is 5.74. The average Bonchev–Trinajstić information content (AvgIpc) is 2.99. The van der Waals surface area contributed by atoms with Gasteiger partial charge in [-0.25, -0.2) is 4.98 Å². The van der Waals surface area contributed by atoms with Crippen LogP contribution >= 0.6 is 0 Å². The second-order valence-electron chi connectivity index (χ2n) is 5.30. The first-order chi connectivity index (χ1) is 11.8. The molecule has 2 aromatic heterocycles. The molecule has 4 rings (SSSR count). The maximum Gasteiger partial charge on any atom is 0.205 e. The van der Waals surface area contributed by atoms with E-state index in [0.717, 1.165) is 28.2 Å². The molecule has 0 amide bonds. The molecule has 118 valence electrons. The van der Waals surface area contributed by atoms with Crippen LogP contribution in [0.25, 0.3) is 11.0 Å². The zero-order valence-corrected chi connectivity index (χ0v) is 12.7. The van der Waals surface area contributed by atoms with Crippen molar-refractivity contribution >= 4 is 28.4 Å². The number of nitrogen functional groups attached to an aromatic ring is 1. The average molecular weight is 317 g/mol. The number of H-pyrrole nitrogens is 1. The number of hydrogen-bond acceptors (Lipinski definition) is 5. The minimum atomic E-state index is 0.665. The number of aromatic amines is 1. The van der Waals surface area contributed by atoms with Gasteiger partial charge in [0.25, 0.3) is 0 Å². The van der Waals surface area contributed by atoms with Gasteiger partial charge in [-0.1, -0.05) is 0 Å². The number of nitrogens with two attached hydrogens (primary N) is 1. The Morgan fingerprint density at radius 2 is 1.67 bits per heavy atom. The summed E-state index contributed by atoms with van der Waals surface area (Å²) >= 11 is 0. The van der Waals surface area contributed by atoms with Gasteiger partial charge < -0.3 is 20.8 Å². The van der Waals surface area contributed by atoms with E-state index in [-0.39, 0.29) is 0 Å². The van der Waals surface area contributed by atoms with E-state index in [9.17, 15) is 0 Å². The Labute approximate surface area is 138 Å². The van der Waals surface area contributed by atoms with Crippen LogP contribution in [0.15, 0.2) is 67.0 Å². The van der Waals surface area contributed by atoms with Gasteiger partial charge in [-0.15, -0.1) is 0 Å². The van der Waals surface area contributed by atoms with Gasteiger partial charge in [0.05, 0.1) is 11.0 Å². The number of benzene rings is 2. The highest BCUT2D eigenvalue weighted by atomic mass is 16.5. The topological polar surface area (TPSA) is 88.8 Å². The molecule has 0 aliphatic rings. The number of nitrogens with one attached hydrogen (secondary N) is 2. The van der Waals surface area contributed by atoms with Crippen molar-refractivity contribution in [3.05, 3.63) is 67.0 Å². The second-order valence-corrected chi connectivity index (χ2v) is 5.30. The molecule has 0 fully saturated rings. The third-order valence-electron chi connectivity index (χ3n) is 3.51. The number of imidazole rings is 1. The molecule has 6 heteroatoms. The van der Waals surface area contributed by atoms with Gasteiger partial charge in [0.1, 0.15) is 11.5 Å². The van der Waals surface area contributed by atoms with Crippen molar-refractivity contribution in [2.24, 2.45) is 0 Å². The monoisotopic (exact) mass is 317 g/mol. The summed E-state index contributed by atoms with van der Waals surface area (Å²) in [5.41, 5.74) is 9.15. The number of pyridine rings is 1. The van der Waals surface area contributed by atoms with E-state index >= 15 is 0 Å². The Kier molecular flexibility index (Phi) is 3.47. The predicted molar refractivity (Wildman–Crippen MR) is 94.5 cm³/mol. The van der Waals surface area contributed by atoms with Crippen molar-refractivity contribution in [3.8, 4) is 11.5 Å². The van der Waals surface area contributed by atoms with Gasteiger partial charge in [-0.05, 0) is 54.6 Å². The van der Waals surface area contributed by atoms with Crippen LogP contribution in [0.2, 0.25) is 0 Å². The molecule has 4 aromatic rings. The molecule has 0 saturated heterocycles. The van der Waals surface area contributed by atoms with E-state index in [2.05, 4.69) is 20.3 Å². The number of anilines is 3. The maximum absolute atomic E-state index is 5.78. The fraction of sp³-hybridized carbons (Fsp3) is 0. The number of hydrogen-bond donors (Lipinski definition) is 3. The third kappa shape index (κ3) is 2.98. The van der Waals surface area contributed by atoms with Crippen molar-refractivity contribution in [2.75, 3.05) is 11.1 Å². The highest BCUT2D eigenvalue weighted by molar-refractivity contribution is 5.81. The lowest BCUT2D eigenvalue weighted by Crippen LogP contribution is -1.92. The summed E-state index contributed by atoms with van der Waals surface area (Å²) in [5, 5.41) is 3.23. The van der Waals surface area contributed by atoms with Crippen molar-refractivity contribution in [2.45, 2.75) is 0 Å². The molecule has 4 N–H and O–H groups in total. The van der Waals surface area contributed by atoms with Crippen LogP contribution < -0.4 is 15.8 Å². The molecule has 24 heavy (non-hydrogen) atoms. The number of rotatable bonds is 4. The second kappa shape index (κ2) is 5.92. The molecule has 0 saturated carbocycles. The first-order valence-electron chi connectivity index (χ1n) is 7.46. The van der Waals surface area contributed by atoms with Crippen LogP contribution in [0.3, 0.4) is 0 Å². The van der Waals surface area contributed by atoms with Crippen LogP contribution in [0.5, 0.6) is 11.5 Å². The molecule has 0 aliphatic heterocycles. The molecule has 2 heterocycles. The lowest BCUT2D eigenvalue weighted by Gasteiger charge is -2.07. The van der Waals surface area contributed by atoms with Crippen LogP contribution in [0.4, 0.5) is 17.3 Å². The van der Waals surface area contributed by atoms with Crippen molar-refractivity contribution in [3.63, 3.8) is 0 Å². The summed E-state index contributed by atoms with van der Waals surface area (Å²) in [5.74, 6) is 2.17. The Hall–Kier alpha value is -3.54. The minimum Gasteiger partial charge on any atom is -0.457 e. The molecular formula is C18H15N5O. The molecule has 0 atom stereocenters. The SMILES string of the molecule is Nc1ccc2nc(Nc3ccc(Oc4ccncc4)cc3)[nH]c2c1. The van der Waals surface area contributed by atoms with Gasteiger partial charge in [0.2, 0.25) is 5.95 Å². The quantitative estimate of drug-likeness (QED) is 0.494. The molecule has 0 unspecified atom stereocenters. The number of fused-ring (bicyclic) bond motifs is 1. The molecule has 6 nitrogen and oxygen atoms in total. The number of nitrogens with zero attached hydrogens (tertiary/aromatic N) is 2. The van der Waals surface area contributed by atoms with Crippen LogP contribution in [0.1, 0.15) is 0 Å². The van der Waals surface area contributed by atoms with Crippen LogP contribution in [0, 0.1) is 0 Å². The van der Waals surface area contributed by atoms with Gasteiger partial charge >= 0.3 is 0 Å². The molecule has 0 spiro atoms. The Morgan fingerprint density at radius 1 is 0.917 bits per heavy atom. The van der Waals surface area contributed by atoms with E-state index in [4.69, 9.17) is 10.5 Å². The van der Waals surface area contributed by atoms with Crippen molar-refractivity contribution in [1.29, 1.82) is 0 Å². The Morgan fingerprint density at radius 3 is 2.46 bits per heavy atom. The highest BCUT2D eigenvalue weighted by Crippen LogP contribution is 2.24. The van der Waals surface area contributed by atoms with Crippen LogP contribution in [-0.4, -0.2) is 15.0 Å². The lowest BCUT2D eigenvalue weighted by molar-refractivity contribution is 0.482. The summed E-state index contributed by atoms with van der Waals surface area (Å²) in [7, 11) is 0. The Balaban J connectivity index is 1.50. The third-order valence-corrected chi connectivity index (χ3v) is 3.51. The maximum atomic E-state index is 5.78. The highest BCUT2D eigenvalue weighted by Gasteiger charge is 2.04. The lowest BCUT2D eigenvalue weighted by atomic mass is 10.3. The van der Waals surface area contributed by atoms with E-state index in [1.165, 1.54) is 0 Å². The molecule has 0 bridgehead atoms. The smallest absolute Gasteiger partial charge is 0.205 e. The summed E-state index contributed by atoms with van der Waals surface area (Å²) in [6, 6.07) is 16.8. The van der Waals surface area contributed by atoms with Crippen molar-refractivity contribution in [1.82, 2.24) is 15.0 Å². The molecule has 2 aromatic carbocycles.